The van der Waals surface area contributed by atoms with Crippen LogP contribution in [0.25, 0.3) is 11.0 Å². The van der Waals surface area contributed by atoms with E-state index < -0.39 is 0 Å². The van der Waals surface area contributed by atoms with Gasteiger partial charge in [0.05, 0.1) is 13.1 Å². The molecule has 0 radical (unpaired) electrons. The number of hydrogen-bond acceptors (Lipinski definition) is 6. The number of amides is 1. The van der Waals surface area contributed by atoms with Gasteiger partial charge in [-0.05, 0) is 36.4 Å². The summed E-state index contributed by atoms with van der Waals surface area (Å²) in [6.07, 6.45) is 1.67. The smallest absolute Gasteiger partial charge is 0.287 e. The summed E-state index contributed by atoms with van der Waals surface area (Å²) in [5, 5.41) is 12.4. The number of hydroxylamine groups is 1. The molecule has 2 heterocycles. The molecule has 0 fully saturated rings. The number of para-hydroxylation sites is 1. The van der Waals surface area contributed by atoms with Crippen LogP contribution in [0.5, 0.6) is 5.75 Å². The molecule has 2 aromatic heterocycles. The number of carbonyl (C=O) groups excluding carboxylic acids is 1. The molecular formula is C24H21N3O5S. The van der Waals surface area contributed by atoms with Gasteiger partial charge in [-0.3, -0.25) is 20.3 Å². The van der Waals surface area contributed by atoms with Crippen LogP contribution >= 0.6 is 12.2 Å². The van der Waals surface area contributed by atoms with Crippen molar-refractivity contribution < 1.29 is 19.2 Å². The van der Waals surface area contributed by atoms with Gasteiger partial charge in [-0.2, -0.15) is 0 Å². The van der Waals surface area contributed by atoms with Crippen molar-refractivity contribution in [2.24, 2.45) is 0 Å². The minimum absolute atomic E-state index is 0.163. The number of rotatable bonds is 8. The van der Waals surface area contributed by atoms with Crippen molar-refractivity contribution in [3.05, 3.63) is 100 Å². The molecule has 0 saturated heterocycles. The van der Waals surface area contributed by atoms with Crippen LogP contribution in [-0.4, -0.2) is 33.8 Å². The van der Waals surface area contributed by atoms with Gasteiger partial charge in [-0.15, -0.1) is 0 Å². The maximum atomic E-state index is 12.9. The third-order valence-electron chi connectivity index (χ3n) is 5.01. The van der Waals surface area contributed by atoms with Gasteiger partial charge in [-0.25, -0.2) is 0 Å². The number of carbonyl (C=O) groups is 1. The van der Waals surface area contributed by atoms with E-state index in [0.717, 1.165) is 5.39 Å². The summed E-state index contributed by atoms with van der Waals surface area (Å²) in [5.41, 5.74) is 3.64. The molecule has 8 nitrogen and oxygen atoms in total. The quantitative estimate of drug-likeness (QED) is 0.209. The normalized spacial score (nSPS) is 10.7. The van der Waals surface area contributed by atoms with Crippen LogP contribution < -0.4 is 21.1 Å². The van der Waals surface area contributed by atoms with Gasteiger partial charge >= 0.3 is 0 Å². The number of furan rings is 1. The van der Waals surface area contributed by atoms with E-state index in [-0.39, 0.29) is 41.9 Å². The highest BCUT2D eigenvalue weighted by atomic mass is 32.1. The first-order chi connectivity index (χ1) is 16.1. The molecule has 0 spiro atoms. The van der Waals surface area contributed by atoms with E-state index in [0.29, 0.717) is 22.5 Å². The van der Waals surface area contributed by atoms with Gasteiger partial charge in [0.2, 0.25) is 0 Å². The number of fused-ring (bicyclic) bond motifs is 1. The van der Waals surface area contributed by atoms with E-state index >= 15 is 0 Å². The molecule has 4 rings (SSSR count). The summed E-state index contributed by atoms with van der Waals surface area (Å²) < 4.78 is 13.0. The third-order valence-corrected chi connectivity index (χ3v) is 5.33. The van der Waals surface area contributed by atoms with Crippen LogP contribution in [0, 0.1) is 0 Å². The Bertz CT molecular complexity index is 1340. The van der Waals surface area contributed by atoms with Crippen LogP contribution in [0.1, 0.15) is 21.7 Å². The van der Waals surface area contributed by atoms with Crippen molar-refractivity contribution in [1.82, 2.24) is 15.4 Å². The van der Waals surface area contributed by atoms with E-state index in [1.165, 1.54) is 10.6 Å². The second-order valence-electron chi connectivity index (χ2n) is 7.14. The molecule has 0 aliphatic heterocycles. The maximum absolute atomic E-state index is 12.9. The first-order valence-corrected chi connectivity index (χ1v) is 10.6. The fourth-order valence-electron chi connectivity index (χ4n) is 3.38. The Balaban J connectivity index is 1.43. The summed E-state index contributed by atoms with van der Waals surface area (Å²) in [6, 6.07) is 19.1. The molecule has 4 aromatic rings. The minimum Gasteiger partial charge on any atom is -0.492 e. The zero-order valence-corrected chi connectivity index (χ0v) is 18.3. The Hall–Kier alpha value is -3.95. The van der Waals surface area contributed by atoms with Crippen molar-refractivity contribution in [3.63, 3.8) is 0 Å². The summed E-state index contributed by atoms with van der Waals surface area (Å²) in [5.74, 6) is 0.381. The van der Waals surface area contributed by atoms with Gasteiger partial charge in [-0.1, -0.05) is 36.5 Å². The fourth-order valence-corrected chi connectivity index (χ4v) is 3.52. The lowest BCUT2D eigenvalue weighted by molar-refractivity contribution is 0.0920. The van der Waals surface area contributed by atoms with Crippen LogP contribution in [0.15, 0.2) is 82.1 Å². The summed E-state index contributed by atoms with van der Waals surface area (Å²) >= 11 is 4.95. The molecule has 0 aliphatic rings. The van der Waals surface area contributed by atoms with E-state index in [9.17, 15) is 9.59 Å². The highest BCUT2D eigenvalue weighted by Gasteiger charge is 2.20. The second-order valence-corrected chi connectivity index (χ2v) is 7.55. The summed E-state index contributed by atoms with van der Waals surface area (Å²) in [4.78, 5) is 25.3. The Kier molecular flexibility index (Phi) is 6.82. The predicted octanol–water partition coefficient (Wildman–Crippen LogP) is 3.11. The topological polar surface area (TPSA) is 106 Å². The molecule has 2 aromatic carbocycles. The van der Waals surface area contributed by atoms with Crippen molar-refractivity contribution in [2.75, 3.05) is 13.2 Å². The Labute approximate surface area is 194 Å². The number of thiocarbonyl (C=S) groups is 1. The highest BCUT2D eigenvalue weighted by molar-refractivity contribution is 7.80. The van der Waals surface area contributed by atoms with Gasteiger partial charge in [0.25, 0.3) is 11.5 Å². The molecule has 168 valence electrons. The zero-order chi connectivity index (χ0) is 23.2. The predicted molar refractivity (Wildman–Crippen MR) is 127 cm³/mol. The van der Waals surface area contributed by atoms with Crippen LogP contribution in [0.4, 0.5) is 0 Å². The van der Waals surface area contributed by atoms with E-state index in [4.69, 9.17) is 26.6 Å². The number of aromatic nitrogens is 1. The number of nitrogens with one attached hydrogen (secondary N) is 2. The lowest BCUT2D eigenvalue weighted by atomic mass is 10.1. The van der Waals surface area contributed by atoms with Gasteiger partial charge < -0.3 is 19.0 Å². The Morgan fingerprint density at radius 3 is 2.58 bits per heavy atom. The lowest BCUT2D eigenvalue weighted by Gasteiger charge is -2.09. The summed E-state index contributed by atoms with van der Waals surface area (Å²) in [6.45, 7) is 0.702. The molecule has 0 unspecified atom stereocenters. The molecular weight excluding hydrogens is 442 g/mol. The molecule has 0 atom stereocenters. The molecule has 9 heteroatoms. The first-order valence-electron chi connectivity index (χ1n) is 10.2. The van der Waals surface area contributed by atoms with Gasteiger partial charge in [0.1, 0.15) is 22.9 Å². The average Bonchev–Trinajstić information content (AvgIpc) is 3.21. The second kappa shape index (κ2) is 10.1. The Morgan fingerprint density at radius 2 is 1.82 bits per heavy atom. The van der Waals surface area contributed by atoms with E-state index in [1.807, 2.05) is 23.7 Å². The number of benzene rings is 2. The van der Waals surface area contributed by atoms with Crippen LogP contribution in [0.2, 0.25) is 0 Å². The molecule has 0 saturated carbocycles. The number of hydrogen-bond donors (Lipinski definition) is 3. The molecule has 0 bridgehead atoms. The van der Waals surface area contributed by atoms with Gasteiger partial charge in [0.15, 0.2) is 5.76 Å². The SMILES string of the molecule is O=C(NCCOc1ccc(C(=S)NO)cc1)c1oc2ccccc2c1Cn1ccccc1=O. The van der Waals surface area contributed by atoms with E-state index in [1.54, 1.807) is 48.7 Å². The van der Waals surface area contributed by atoms with E-state index in [2.05, 4.69) is 5.32 Å². The largest absolute Gasteiger partial charge is 0.492 e. The number of ether oxygens (including phenoxy) is 1. The number of nitrogens with zero attached hydrogens (tertiary/aromatic N) is 1. The fraction of sp³-hybridized carbons (Fsp3) is 0.125. The van der Waals surface area contributed by atoms with Crippen molar-refractivity contribution in [1.29, 1.82) is 0 Å². The van der Waals surface area contributed by atoms with Gasteiger partial charge in [0, 0.05) is 28.8 Å². The Morgan fingerprint density at radius 1 is 1.06 bits per heavy atom. The van der Waals surface area contributed by atoms with Crippen LogP contribution in [-0.2, 0) is 6.54 Å². The number of pyridine rings is 1. The maximum Gasteiger partial charge on any atom is 0.287 e. The highest BCUT2D eigenvalue weighted by Crippen LogP contribution is 2.26. The zero-order valence-electron chi connectivity index (χ0n) is 17.5. The average molecular weight is 464 g/mol. The minimum atomic E-state index is -0.386. The third kappa shape index (κ3) is 5.11. The monoisotopic (exact) mass is 463 g/mol. The summed E-state index contributed by atoms with van der Waals surface area (Å²) in [7, 11) is 0. The molecule has 33 heavy (non-hydrogen) atoms. The first kappa shape index (κ1) is 22.3. The molecule has 1 amide bonds. The van der Waals surface area contributed by atoms with Crippen molar-refractivity contribution >= 4 is 34.1 Å². The molecule has 0 aliphatic carbocycles. The van der Waals surface area contributed by atoms with Crippen LogP contribution in [0.3, 0.4) is 0 Å². The van der Waals surface area contributed by atoms with Crippen molar-refractivity contribution in [3.8, 4) is 5.75 Å². The standard InChI is InChI=1S/C24H21N3O5S/c28-21-7-3-4-13-27(21)15-19-18-5-1-2-6-20(18)32-22(19)23(29)25-12-14-31-17-10-8-16(9-11-17)24(33)26-30/h1-11,13,30H,12,14-15H2,(H,25,29)(H,26,33). The van der Waals surface area contributed by atoms with Crippen molar-refractivity contribution in [2.45, 2.75) is 6.54 Å². The lowest BCUT2D eigenvalue weighted by Crippen LogP contribution is -2.29. The molecule has 3 N–H and O–H groups in total.